The first kappa shape index (κ1) is 36.0. The van der Waals surface area contributed by atoms with Gasteiger partial charge in [0.2, 0.25) is 0 Å². The molecule has 260 valence electrons. The quantitative estimate of drug-likeness (QED) is 0.276. The van der Waals surface area contributed by atoms with Crippen LogP contribution in [0.4, 0.5) is 50.3 Å². The number of tetrazole rings is 1. The normalized spacial score (nSPS) is 18.9. The maximum atomic E-state index is 13.9. The zero-order chi connectivity index (χ0) is 34.7. The van der Waals surface area contributed by atoms with Crippen molar-refractivity contribution in [1.82, 2.24) is 25.1 Å². The Morgan fingerprint density at radius 1 is 0.979 bits per heavy atom. The largest absolute Gasteiger partial charge is 0.450 e. The molecule has 1 aliphatic heterocycles. The van der Waals surface area contributed by atoms with Crippen LogP contribution in [0, 0.1) is 11.8 Å². The highest BCUT2D eigenvalue weighted by molar-refractivity contribution is 5.67. The number of allylic oxidation sites excluding steroid dienone is 3. The van der Waals surface area contributed by atoms with Gasteiger partial charge in [0, 0.05) is 44.8 Å². The van der Waals surface area contributed by atoms with Crippen molar-refractivity contribution in [2.75, 3.05) is 38.3 Å². The summed E-state index contributed by atoms with van der Waals surface area (Å²) in [5, 5.41) is 11.6. The van der Waals surface area contributed by atoms with E-state index < -0.39 is 71.9 Å². The van der Waals surface area contributed by atoms with Crippen LogP contribution in [-0.4, -0.2) is 76.8 Å². The molecule has 0 saturated carbocycles. The molecule has 0 spiro atoms. The summed E-state index contributed by atoms with van der Waals surface area (Å²) in [6.45, 7) is 1.56. The zero-order valence-corrected chi connectivity index (χ0v) is 25.6. The van der Waals surface area contributed by atoms with Gasteiger partial charge in [-0.05, 0) is 66.7 Å². The summed E-state index contributed by atoms with van der Waals surface area (Å²) in [6, 6.07) is 1.09. The second-order valence-corrected chi connectivity index (χ2v) is 11.3. The molecule has 47 heavy (non-hydrogen) atoms. The van der Waals surface area contributed by atoms with Gasteiger partial charge in [0.05, 0.1) is 30.9 Å². The number of nitrogens with zero attached hydrogens (tertiary/aromatic N) is 6. The summed E-state index contributed by atoms with van der Waals surface area (Å²) in [5.74, 6) is -1.40. The van der Waals surface area contributed by atoms with E-state index in [9.17, 15) is 44.3 Å². The molecule has 1 aliphatic carbocycles. The predicted octanol–water partition coefficient (Wildman–Crippen LogP) is 6.57. The lowest BCUT2D eigenvalue weighted by Crippen LogP contribution is -2.44. The summed E-state index contributed by atoms with van der Waals surface area (Å²) in [7, 11) is 2.77. The molecule has 0 bridgehead atoms. The molecule has 0 N–H and O–H groups in total. The number of alkyl halides is 9. The van der Waals surface area contributed by atoms with E-state index in [-0.39, 0.29) is 31.1 Å². The third kappa shape index (κ3) is 8.96. The lowest BCUT2D eigenvalue weighted by molar-refractivity contribution is -0.143. The monoisotopic (exact) mass is 684 g/mol. The molecule has 2 unspecified atom stereocenters. The molecule has 1 aromatic heterocycles. The van der Waals surface area contributed by atoms with Crippen molar-refractivity contribution in [1.29, 1.82) is 0 Å². The van der Waals surface area contributed by atoms with E-state index in [1.807, 2.05) is 0 Å². The number of methoxy groups -OCH3 is 1. The lowest BCUT2D eigenvalue weighted by atomic mass is 9.77. The Kier molecular flexibility index (Phi) is 10.8. The third-order valence-electron chi connectivity index (χ3n) is 8.10. The highest BCUT2D eigenvalue weighted by Gasteiger charge is 2.42. The first-order valence-corrected chi connectivity index (χ1v) is 14.6. The van der Waals surface area contributed by atoms with Gasteiger partial charge in [0.15, 0.2) is 0 Å². The summed E-state index contributed by atoms with van der Waals surface area (Å²) < 4.78 is 134. The smallest absolute Gasteiger partial charge is 0.416 e. The van der Waals surface area contributed by atoms with Crippen LogP contribution in [-0.2, 0) is 35.4 Å². The van der Waals surface area contributed by atoms with Gasteiger partial charge in [-0.1, -0.05) is 17.3 Å². The Hall–Kier alpha value is -3.83. The fraction of sp³-hybridized carbons (Fsp3) is 0.586. The number of likely N-dealkylation sites (tertiary alicyclic amines) is 1. The summed E-state index contributed by atoms with van der Waals surface area (Å²) in [4.78, 5) is 15.9. The number of hydrogen-bond acceptors (Lipinski definition) is 7. The second kappa shape index (κ2) is 14.1. The van der Waals surface area contributed by atoms with E-state index in [0.29, 0.717) is 43.6 Å². The molecule has 2 aliphatic rings. The predicted molar refractivity (Wildman–Crippen MR) is 149 cm³/mol. The number of piperidine rings is 1. The van der Waals surface area contributed by atoms with Gasteiger partial charge < -0.3 is 19.3 Å². The van der Waals surface area contributed by atoms with Crippen LogP contribution in [0.25, 0.3) is 0 Å². The van der Waals surface area contributed by atoms with Crippen LogP contribution >= 0.6 is 0 Å². The number of anilines is 1. The molecule has 9 nitrogen and oxygen atoms in total. The van der Waals surface area contributed by atoms with Crippen molar-refractivity contribution in [3.05, 3.63) is 58.2 Å². The number of carbonyl (C=O) groups excluding carboxylic acids is 1. The summed E-state index contributed by atoms with van der Waals surface area (Å²) in [6.07, 6.45) is -13.5. The minimum atomic E-state index is -5.11. The number of halogens is 9. The highest BCUT2D eigenvalue weighted by Crippen LogP contribution is 2.41. The molecule has 2 atom stereocenters. The SMILES string of the molecule is CCOC(=O)N1CCC(C(OC)C2=CC=C(C(F)(F)F)CC2CN(Cc2cc(C(F)(F)F)cc(C(F)(F)F)c2)c2nnn(C)n2)CC1. The first-order chi connectivity index (χ1) is 21.9. The van der Waals surface area contributed by atoms with Gasteiger partial charge in [-0.15, -0.1) is 5.10 Å². The number of rotatable bonds is 9. The third-order valence-corrected chi connectivity index (χ3v) is 8.10. The van der Waals surface area contributed by atoms with Gasteiger partial charge in [-0.3, -0.25) is 0 Å². The number of amides is 1. The van der Waals surface area contributed by atoms with E-state index in [4.69, 9.17) is 9.47 Å². The van der Waals surface area contributed by atoms with Crippen molar-refractivity contribution in [3.8, 4) is 0 Å². The van der Waals surface area contributed by atoms with E-state index >= 15 is 0 Å². The average Bonchev–Trinajstić information content (AvgIpc) is 3.43. The van der Waals surface area contributed by atoms with Crippen molar-refractivity contribution in [2.24, 2.45) is 18.9 Å². The first-order valence-electron chi connectivity index (χ1n) is 14.6. The molecule has 4 rings (SSSR count). The molecule has 2 heterocycles. The van der Waals surface area contributed by atoms with Crippen molar-refractivity contribution >= 4 is 12.0 Å². The molecule has 1 fully saturated rings. The number of benzene rings is 1. The van der Waals surface area contributed by atoms with Crippen LogP contribution in [0.15, 0.2) is 41.5 Å². The topological polar surface area (TPSA) is 85.6 Å². The molecular weight excluding hydrogens is 651 g/mol. The number of ether oxygens (including phenoxy) is 2. The molecule has 0 radical (unpaired) electrons. The average molecular weight is 685 g/mol. The zero-order valence-electron chi connectivity index (χ0n) is 25.6. The Bertz CT molecular complexity index is 1430. The number of carbonyl (C=O) groups is 1. The maximum absolute atomic E-state index is 13.9. The maximum Gasteiger partial charge on any atom is 0.416 e. The van der Waals surface area contributed by atoms with E-state index in [0.717, 1.165) is 10.9 Å². The fourth-order valence-corrected chi connectivity index (χ4v) is 5.91. The molecule has 1 amide bonds. The Morgan fingerprint density at radius 3 is 2.09 bits per heavy atom. The lowest BCUT2D eigenvalue weighted by Gasteiger charge is -2.39. The summed E-state index contributed by atoms with van der Waals surface area (Å²) in [5.41, 5.74) is -3.91. The van der Waals surface area contributed by atoms with E-state index in [1.54, 1.807) is 6.92 Å². The van der Waals surface area contributed by atoms with Crippen LogP contribution < -0.4 is 4.90 Å². The fourth-order valence-electron chi connectivity index (χ4n) is 5.91. The van der Waals surface area contributed by atoms with E-state index in [1.165, 1.54) is 30.0 Å². The van der Waals surface area contributed by atoms with E-state index in [2.05, 4.69) is 15.4 Å². The van der Waals surface area contributed by atoms with Crippen LogP contribution in [0.5, 0.6) is 0 Å². The number of aromatic nitrogens is 4. The number of aryl methyl sites for hydroxylation is 1. The molecule has 1 aromatic carbocycles. The van der Waals surface area contributed by atoms with Gasteiger partial charge in [0.25, 0.3) is 5.95 Å². The molecule has 18 heteroatoms. The standard InChI is InChI=1S/C29H33F9N6O3/c1-4-47-26(45)43-9-7-18(8-10-43)24(46-3)23-6-5-20(27(30,31)32)13-19(23)16-44(25-39-41-42(2)40-25)15-17-11-21(28(33,34)35)14-22(12-17)29(36,37)38/h5-6,11-12,14,18-19,24H,4,7-10,13,15-16H2,1-3H3. The highest BCUT2D eigenvalue weighted by atomic mass is 19.4. The number of hydrogen-bond donors (Lipinski definition) is 0. The summed E-state index contributed by atoms with van der Waals surface area (Å²) >= 11 is 0. The van der Waals surface area contributed by atoms with Crippen molar-refractivity contribution in [3.63, 3.8) is 0 Å². The Morgan fingerprint density at radius 2 is 1.60 bits per heavy atom. The minimum absolute atomic E-state index is 0.00672. The van der Waals surface area contributed by atoms with Gasteiger partial charge in [0.1, 0.15) is 0 Å². The van der Waals surface area contributed by atoms with Gasteiger partial charge >= 0.3 is 24.6 Å². The van der Waals surface area contributed by atoms with Gasteiger partial charge in [-0.25, -0.2) is 4.79 Å². The Balaban J connectivity index is 1.69. The molecular formula is C29H33F9N6O3. The van der Waals surface area contributed by atoms with Crippen LogP contribution in [0.2, 0.25) is 0 Å². The van der Waals surface area contributed by atoms with Crippen molar-refractivity contribution < 1.29 is 53.8 Å². The van der Waals surface area contributed by atoms with Crippen LogP contribution in [0.1, 0.15) is 42.9 Å². The Labute approximate surface area is 264 Å². The van der Waals surface area contributed by atoms with Gasteiger partial charge in [-0.2, -0.15) is 44.3 Å². The molecule has 2 aromatic rings. The van der Waals surface area contributed by atoms with Crippen LogP contribution in [0.3, 0.4) is 0 Å². The minimum Gasteiger partial charge on any atom is -0.450 e. The second-order valence-electron chi connectivity index (χ2n) is 11.3. The van der Waals surface area contributed by atoms with Crippen molar-refractivity contribution in [2.45, 2.75) is 57.4 Å². The molecule has 1 saturated heterocycles.